The monoisotopic (exact) mass is 278 g/mol. The topological polar surface area (TPSA) is 20.2 Å². The smallest absolute Gasteiger partial charge is 0.123 e. The van der Waals surface area contributed by atoms with Gasteiger partial charge in [0, 0.05) is 10.6 Å². The molecule has 2 aromatic rings. The molecule has 100 valence electrons. The average molecular weight is 279 g/mol. The molecule has 0 spiro atoms. The normalized spacial score (nSPS) is 12.5. The summed E-state index contributed by atoms with van der Waals surface area (Å²) in [6.07, 6.45) is -0.914. The summed E-state index contributed by atoms with van der Waals surface area (Å²) < 4.78 is 13.3. The molecule has 0 radical (unpaired) electrons. The molecule has 0 aliphatic rings. The molecule has 0 heterocycles. The third-order valence-corrected chi connectivity index (χ3v) is 3.77. The van der Waals surface area contributed by atoms with Gasteiger partial charge in [0.05, 0.1) is 0 Å². The lowest BCUT2D eigenvalue weighted by molar-refractivity contribution is 0.219. The van der Waals surface area contributed by atoms with E-state index in [-0.39, 0.29) is 5.82 Å². The Kier molecular flexibility index (Phi) is 3.93. The molecule has 0 aliphatic carbocycles. The van der Waals surface area contributed by atoms with Gasteiger partial charge in [0.2, 0.25) is 0 Å². The molecule has 1 N–H and O–H groups in total. The molecule has 2 aromatic carbocycles. The highest BCUT2D eigenvalue weighted by molar-refractivity contribution is 6.31. The van der Waals surface area contributed by atoms with Crippen LogP contribution in [0.4, 0.5) is 4.39 Å². The van der Waals surface area contributed by atoms with Crippen LogP contribution in [0, 0.1) is 26.6 Å². The Morgan fingerprint density at radius 2 is 1.58 bits per heavy atom. The molecule has 1 unspecified atom stereocenters. The van der Waals surface area contributed by atoms with Crippen molar-refractivity contribution in [2.75, 3.05) is 0 Å². The van der Waals surface area contributed by atoms with Gasteiger partial charge >= 0.3 is 0 Å². The molecule has 0 saturated carbocycles. The Labute approximate surface area is 117 Å². The molecule has 0 bridgehead atoms. The van der Waals surface area contributed by atoms with Crippen LogP contribution in [-0.4, -0.2) is 5.11 Å². The van der Waals surface area contributed by atoms with Gasteiger partial charge < -0.3 is 5.11 Å². The molecular formula is C16H16ClFO. The number of hydrogen-bond acceptors (Lipinski definition) is 1. The van der Waals surface area contributed by atoms with Crippen LogP contribution in [0.15, 0.2) is 30.3 Å². The van der Waals surface area contributed by atoms with Gasteiger partial charge in [-0.15, -0.1) is 0 Å². The summed E-state index contributed by atoms with van der Waals surface area (Å²) in [5, 5.41) is 10.9. The predicted octanol–water partition coefficient (Wildman–Crippen LogP) is 4.49. The molecule has 0 aromatic heterocycles. The number of aryl methyl sites for hydroxylation is 3. The van der Waals surface area contributed by atoms with Crippen LogP contribution in [0.1, 0.15) is 33.9 Å². The van der Waals surface area contributed by atoms with E-state index in [2.05, 4.69) is 0 Å². The minimum atomic E-state index is -0.914. The lowest BCUT2D eigenvalue weighted by Gasteiger charge is -2.17. The molecule has 3 heteroatoms. The lowest BCUT2D eigenvalue weighted by Crippen LogP contribution is -2.04. The summed E-state index contributed by atoms with van der Waals surface area (Å²) in [5.74, 6) is -0.361. The zero-order valence-corrected chi connectivity index (χ0v) is 11.9. The summed E-state index contributed by atoms with van der Waals surface area (Å²) in [6.45, 7) is 5.76. The average Bonchev–Trinajstić information content (AvgIpc) is 2.36. The summed E-state index contributed by atoms with van der Waals surface area (Å²) in [6, 6.07) is 8.07. The highest BCUT2D eigenvalue weighted by Gasteiger charge is 2.17. The van der Waals surface area contributed by atoms with Crippen molar-refractivity contribution in [1.82, 2.24) is 0 Å². The van der Waals surface area contributed by atoms with Crippen LogP contribution in [0.3, 0.4) is 0 Å². The van der Waals surface area contributed by atoms with Crippen molar-refractivity contribution in [3.05, 3.63) is 69.0 Å². The summed E-state index contributed by atoms with van der Waals surface area (Å²) >= 11 is 6.18. The Bertz CT molecular complexity index is 622. The fourth-order valence-corrected chi connectivity index (χ4v) is 2.41. The van der Waals surface area contributed by atoms with Gasteiger partial charge in [-0.2, -0.15) is 0 Å². The number of hydrogen-bond donors (Lipinski definition) is 1. The zero-order valence-electron chi connectivity index (χ0n) is 11.2. The first-order chi connectivity index (χ1) is 8.90. The molecule has 19 heavy (non-hydrogen) atoms. The van der Waals surface area contributed by atoms with Crippen molar-refractivity contribution < 1.29 is 9.50 Å². The van der Waals surface area contributed by atoms with Crippen LogP contribution in [0.2, 0.25) is 5.02 Å². The van der Waals surface area contributed by atoms with Crippen LogP contribution in [0.5, 0.6) is 0 Å². The number of aliphatic hydroxyl groups excluding tert-OH is 1. The lowest BCUT2D eigenvalue weighted by atomic mass is 9.95. The summed E-state index contributed by atoms with van der Waals surface area (Å²) in [7, 11) is 0. The fraction of sp³-hybridized carbons (Fsp3) is 0.250. The van der Waals surface area contributed by atoms with E-state index in [1.54, 1.807) is 6.07 Å². The van der Waals surface area contributed by atoms with E-state index in [9.17, 15) is 9.50 Å². The highest BCUT2D eigenvalue weighted by Crippen LogP contribution is 2.32. The first kappa shape index (κ1) is 14.0. The fourth-order valence-electron chi connectivity index (χ4n) is 2.09. The molecule has 0 amide bonds. The Morgan fingerprint density at radius 1 is 0.947 bits per heavy atom. The van der Waals surface area contributed by atoms with Crippen molar-refractivity contribution in [3.8, 4) is 0 Å². The second-order valence-corrected chi connectivity index (χ2v) is 5.27. The van der Waals surface area contributed by atoms with E-state index in [1.165, 1.54) is 12.1 Å². The first-order valence-corrected chi connectivity index (χ1v) is 6.48. The summed E-state index contributed by atoms with van der Waals surface area (Å²) in [5.41, 5.74) is 4.11. The second kappa shape index (κ2) is 5.32. The van der Waals surface area contributed by atoms with E-state index in [0.29, 0.717) is 16.1 Å². The van der Waals surface area contributed by atoms with Crippen molar-refractivity contribution >= 4 is 11.6 Å². The number of benzene rings is 2. The maximum Gasteiger partial charge on any atom is 0.123 e. The van der Waals surface area contributed by atoms with Crippen molar-refractivity contribution in [2.45, 2.75) is 26.9 Å². The Hall–Kier alpha value is -1.38. The van der Waals surface area contributed by atoms with Gasteiger partial charge in [-0.05, 0) is 61.2 Å². The van der Waals surface area contributed by atoms with E-state index in [4.69, 9.17) is 11.6 Å². The van der Waals surface area contributed by atoms with Crippen LogP contribution < -0.4 is 0 Å². The highest BCUT2D eigenvalue weighted by atomic mass is 35.5. The SMILES string of the molecule is Cc1cc(Cl)c(C(O)c2cc(F)ccc2C)cc1C. The second-order valence-electron chi connectivity index (χ2n) is 4.86. The maximum absolute atomic E-state index is 13.3. The number of halogens is 2. The number of aliphatic hydroxyl groups is 1. The molecule has 0 fully saturated rings. The minimum absolute atomic E-state index is 0.361. The molecule has 1 nitrogen and oxygen atoms in total. The summed E-state index contributed by atoms with van der Waals surface area (Å²) in [4.78, 5) is 0. The van der Waals surface area contributed by atoms with E-state index in [0.717, 1.165) is 16.7 Å². The Balaban J connectivity index is 2.52. The first-order valence-electron chi connectivity index (χ1n) is 6.11. The zero-order chi connectivity index (χ0) is 14.2. The van der Waals surface area contributed by atoms with Crippen LogP contribution >= 0.6 is 11.6 Å². The van der Waals surface area contributed by atoms with Gasteiger partial charge in [-0.1, -0.05) is 23.7 Å². The van der Waals surface area contributed by atoms with Crippen molar-refractivity contribution in [1.29, 1.82) is 0 Å². The Morgan fingerprint density at radius 3 is 2.26 bits per heavy atom. The van der Waals surface area contributed by atoms with Crippen molar-refractivity contribution in [2.24, 2.45) is 0 Å². The van der Waals surface area contributed by atoms with Gasteiger partial charge in [-0.25, -0.2) is 4.39 Å². The van der Waals surface area contributed by atoms with E-state index >= 15 is 0 Å². The standard InChI is InChI=1S/C16H16ClFO/c1-9-4-5-12(18)8-13(9)16(19)14-6-10(2)11(3)7-15(14)17/h4-8,16,19H,1-3H3. The van der Waals surface area contributed by atoms with Gasteiger partial charge in [0.25, 0.3) is 0 Å². The predicted molar refractivity (Wildman–Crippen MR) is 76.1 cm³/mol. The molecule has 1 atom stereocenters. The molecule has 0 saturated heterocycles. The number of rotatable bonds is 2. The molecular weight excluding hydrogens is 263 g/mol. The van der Waals surface area contributed by atoms with Gasteiger partial charge in [0.1, 0.15) is 11.9 Å². The molecule has 0 aliphatic heterocycles. The van der Waals surface area contributed by atoms with E-state index in [1.807, 2.05) is 32.9 Å². The largest absolute Gasteiger partial charge is 0.384 e. The van der Waals surface area contributed by atoms with Crippen LogP contribution in [-0.2, 0) is 0 Å². The van der Waals surface area contributed by atoms with Crippen molar-refractivity contribution in [3.63, 3.8) is 0 Å². The van der Waals surface area contributed by atoms with Crippen LogP contribution in [0.25, 0.3) is 0 Å². The minimum Gasteiger partial charge on any atom is -0.384 e. The third kappa shape index (κ3) is 2.80. The van der Waals surface area contributed by atoms with Gasteiger partial charge in [0.15, 0.2) is 0 Å². The van der Waals surface area contributed by atoms with Gasteiger partial charge in [-0.3, -0.25) is 0 Å². The molecule has 2 rings (SSSR count). The maximum atomic E-state index is 13.3. The quantitative estimate of drug-likeness (QED) is 0.858. The third-order valence-electron chi connectivity index (χ3n) is 3.44. The van der Waals surface area contributed by atoms with E-state index < -0.39 is 6.10 Å².